The highest BCUT2D eigenvalue weighted by Gasteiger charge is 2.20. The van der Waals surface area contributed by atoms with Gasteiger partial charge in [0.25, 0.3) is 0 Å². The van der Waals surface area contributed by atoms with Crippen LogP contribution in [0.3, 0.4) is 0 Å². The number of nitrogens with one attached hydrogen (secondary N) is 1. The van der Waals surface area contributed by atoms with E-state index >= 15 is 0 Å². The molecule has 0 spiro atoms. The molecule has 0 atom stereocenters. The van der Waals surface area contributed by atoms with Crippen LogP contribution in [-0.2, 0) is 19.2 Å². The third-order valence-electron chi connectivity index (χ3n) is 5.23. The van der Waals surface area contributed by atoms with E-state index in [-0.39, 0.29) is 32.1 Å². The lowest BCUT2D eigenvalue weighted by molar-refractivity contribution is -0.140. The number of carboxylic acid groups (broad SMARTS) is 3. The van der Waals surface area contributed by atoms with Gasteiger partial charge in [0.1, 0.15) is 0 Å². The molecule has 0 unspecified atom stereocenters. The minimum absolute atomic E-state index is 0.118. The molecular formula is C22H43N5O7. The van der Waals surface area contributed by atoms with Crippen LogP contribution in [0, 0.1) is 0 Å². The highest BCUT2D eigenvalue weighted by atomic mass is 16.4. The molecule has 0 aliphatic carbocycles. The lowest BCUT2D eigenvalue weighted by Crippen LogP contribution is -2.49. The summed E-state index contributed by atoms with van der Waals surface area (Å²) in [5.41, 5.74) is 0. The first-order chi connectivity index (χ1) is 16.2. The second kappa shape index (κ2) is 19.1. The molecule has 0 bridgehead atoms. The number of aliphatic carboxylic acids is 3. The van der Waals surface area contributed by atoms with Crippen molar-refractivity contribution >= 4 is 23.8 Å². The summed E-state index contributed by atoms with van der Waals surface area (Å²) in [5.74, 6) is -3.06. The number of amides is 1. The fourth-order valence-corrected chi connectivity index (χ4v) is 3.45. The van der Waals surface area contributed by atoms with Gasteiger partial charge >= 0.3 is 17.9 Å². The maximum absolute atomic E-state index is 12.3. The summed E-state index contributed by atoms with van der Waals surface area (Å²) in [7, 11) is 0. The van der Waals surface area contributed by atoms with Gasteiger partial charge in [0.15, 0.2) is 0 Å². The summed E-state index contributed by atoms with van der Waals surface area (Å²) < 4.78 is 0. The summed E-state index contributed by atoms with van der Waals surface area (Å²) in [6.45, 7) is 9.30. The average molecular weight is 490 g/mol. The third-order valence-corrected chi connectivity index (χ3v) is 5.23. The molecule has 4 N–H and O–H groups in total. The zero-order valence-corrected chi connectivity index (χ0v) is 20.9. The van der Waals surface area contributed by atoms with Gasteiger partial charge in [-0.25, -0.2) is 0 Å². The van der Waals surface area contributed by atoms with Crippen molar-refractivity contribution in [1.29, 1.82) is 0 Å². The minimum Gasteiger partial charge on any atom is -0.480 e. The van der Waals surface area contributed by atoms with Gasteiger partial charge in [-0.05, 0) is 6.42 Å². The van der Waals surface area contributed by atoms with E-state index in [1.807, 2.05) is 25.7 Å². The lowest BCUT2D eigenvalue weighted by Gasteiger charge is -2.32. The Hall–Kier alpha value is -2.28. The lowest BCUT2D eigenvalue weighted by atomic mass is 10.3. The molecule has 1 aliphatic rings. The van der Waals surface area contributed by atoms with E-state index < -0.39 is 17.9 Å². The number of carbonyl (C=O) groups is 4. The molecule has 0 aromatic carbocycles. The molecule has 1 fully saturated rings. The molecule has 0 aromatic rings. The number of hydrogen-bond acceptors (Lipinski definition) is 8. The number of nitrogens with zero attached hydrogens (tertiary/aromatic N) is 4. The Bertz CT molecular complexity index is 588. The third kappa shape index (κ3) is 16.4. The fourth-order valence-electron chi connectivity index (χ4n) is 3.45. The molecule has 1 rings (SSSR count). The Kier molecular flexibility index (Phi) is 17.8. The van der Waals surface area contributed by atoms with Crippen molar-refractivity contribution in [3.8, 4) is 0 Å². The Morgan fingerprint density at radius 3 is 1.18 bits per heavy atom. The standard InChI is InChI=1S/C20H37N5O7.C2H6/c1-2-3-4-21-17(26)13-22-5-7-23(14-18(27)28)9-11-25(16-20(31)32)12-10-24(8-6-22)15-19(29)30;1-2/h2-16H2,1H3,(H,21,26)(H,27,28)(H,29,30)(H,31,32);1-2H3. The van der Waals surface area contributed by atoms with E-state index in [4.69, 9.17) is 0 Å². The quantitative estimate of drug-likeness (QED) is 0.275. The predicted molar refractivity (Wildman–Crippen MR) is 128 cm³/mol. The second-order valence-corrected chi connectivity index (χ2v) is 7.99. The zero-order chi connectivity index (χ0) is 25.9. The maximum atomic E-state index is 12.3. The number of unbranched alkanes of at least 4 members (excludes halogenated alkanes) is 1. The van der Waals surface area contributed by atoms with Crippen molar-refractivity contribution < 1.29 is 34.5 Å². The molecule has 12 nitrogen and oxygen atoms in total. The van der Waals surface area contributed by atoms with Crippen LogP contribution in [0.25, 0.3) is 0 Å². The smallest absolute Gasteiger partial charge is 0.317 e. The summed E-state index contributed by atoms with van der Waals surface area (Å²) in [4.78, 5) is 53.1. The Balaban J connectivity index is 0.00000529. The van der Waals surface area contributed by atoms with Gasteiger partial charge in [0.2, 0.25) is 5.91 Å². The van der Waals surface area contributed by atoms with Gasteiger partial charge < -0.3 is 20.6 Å². The molecule has 1 saturated heterocycles. The Labute approximate surface area is 202 Å². The molecule has 1 heterocycles. The van der Waals surface area contributed by atoms with Crippen molar-refractivity contribution in [3.05, 3.63) is 0 Å². The topological polar surface area (TPSA) is 154 Å². The summed E-state index contributed by atoms with van der Waals surface area (Å²) >= 11 is 0. The average Bonchev–Trinajstić information content (AvgIpc) is 2.76. The van der Waals surface area contributed by atoms with Gasteiger partial charge in [-0.15, -0.1) is 0 Å². The van der Waals surface area contributed by atoms with Crippen molar-refractivity contribution in [1.82, 2.24) is 24.9 Å². The first-order valence-electron chi connectivity index (χ1n) is 12.0. The number of carboxylic acids is 3. The van der Waals surface area contributed by atoms with E-state index in [1.54, 1.807) is 14.7 Å². The van der Waals surface area contributed by atoms with Crippen molar-refractivity contribution in [3.63, 3.8) is 0 Å². The van der Waals surface area contributed by atoms with Crippen LogP contribution >= 0.6 is 0 Å². The van der Waals surface area contributed by atoms with E-state index in [0.29, 0.717) is 58.9 Å². The van der Waals surface area contributed by atoms with Gasteiger partial charge in [0.05, 0.1) is 26.2 Å². The first kappa shape index (κ1) is 31.7. The van der Waals surface area contributed by atoms with Crippen LogP contribution in [0.1, 0.15) is 33.6 Å². The first-order valence-corrected chi connectivity index (χ1v) is 12.0. The van der Waals surface area contributed by atoms with Crippen molar-refractivity contribution in [2.24, 2.45) is 0 Å². The molecule has 0 radical (unpaired) electrons. The second-order valence-electron chi connectivity index (χ2n) is 7.99. The molecule has 0 saturated carbocycles. The predicted octanol–water partition coefficient (Wildman–Crippen LogP) is -0.596. The Morgan fingerprint density at radius 1 is 0.618 bits per heavy atom. The molecule has 34 heavy (non-hydrogen) atoms. The van der Waals surface area contributed by atoms with Crippen molar-refractivity contribution in [2.75, 3.05) is 85.1 Å². The summed E-state index contributed by atoms with van der Waals surface area (Å²) in [6, 6.07) is 0. The van der Waals surface area contributed by atoms with E-state index in [9.17, 15) is 34.5 Å². The zero-order valence-electron chi connectivity index (χ0n) is 20.9. The SMILES string of the molecule is CC.CCCCNC(=O)CN1CCN(CC(=O)O)CCN(CC(=O)O)CCN(CC(=O)O)CC1. The van der Waals surface area contributed by atoms with Crippen LogP contribution in [-0.4, -0.2) is 144 Å². The number of carbonyl (C=O) groups excluding carboxylic acids is 1. The van der Waals surface area contributed by atoms with Crippen LogP contribution in [0.5, 0.6) is 0 Å². The number of rotatable bonds is 11. The Morgan fingerprint density at radius 2 is 0.912 bits per heavy atom. The van der Waals surface area contributed by atoms with E-state index in [1.165, 1.54) is 0 Å². The van der Waals surface area contributed by atoms with Crippen LogP contribution in [0.2, 0.25) is 0 Å². The highest BCUT2D eigenvalue weighted by molar-refractivity contribution is 5.78. The monoisotopic (exact) mass is 489 g/mol. The van der Waals surface area contributed by atoms with Crippen molar-refractivity contribution in [2.45, 2.75) is 33.6 Å². The fraction of sp³-hybridized carbons (Fsp3) is 0.818. The largest absolute Gasteiger partial charge is 0.480 e. The molecule has 198 valence electrons. The minimum atomic E-state index is -0.994. The van der Waals surface area contributed by atoms with Gasteiger partial charge in [0, 0.05) is 58.9 Å². The van der Waals surface area contributed by atoms with Gasteiger partial charge in [-0.1, -0.05) is 27.2 Å². The van der Waals surface area contributed by atoms with E-state index in [0.717, 1.165) is 12.8 Å². The van der Waals surface area contributed by atoms with Crippen LogP contribution in [0.4, 0.5) is 0 Å². The molecule has 1 amide bonds. The maximum Gasteiger partial charge on any atom is 0.317 e. The van der Waals surface area contributed by atoms with Crippen LogP contribution < -0.4 is 5.32 Å². The van der Waals surface area contributed by atoms with E-state index in [2.05, 4.69) is 5.32 Å². The highest BCUT2D eigenvalue weighted by Crippen LogP contribution is 2.01. The molecular weight excluding hydrogens is 446 g/mol. The van der Waals surface area contributed by atoms with Gasteiger partial charge in [-0.2, -0.15) is 0 Å². The normalized spacial score (nSPS) is 17.5. The molecule has 12 heteroatoms. The summed E-state index contributed by atoms with van der Waals surface area (Å²) in [6.07, 6.45) is 1.86. The van der Waals surface area contributed by atoms with Crippen LogP contribution in [0.15, 0.2) is 0 Å². The summed E-state index contributed by atoms with van der Waals surface area (Å²) in [5, 5.41) is 30.5. The van der Waals surface area contributed by atoms with Gasteiger partial charge in [-0.3, -0.25) is 38.8 Å². The molecule has 0 aromatic heterocycles. The molecule has 1 aliphatic heterocycles. The number of hydrogen-bond donors (Lipinski definition) is 4.